The van der Waals surface area contributed by atoms with Gasteiger partial charge in [-0.25, -0.2) is 9.97 Å². The lowest BCUT2D eigenvalue weighted by Gasteiger charge is -2.30. The number of piperidine rings is 1. The molecule has 1 atom stereocenters. The number of pyridine rings is 1. The zero-order valence-corrected chi connectivity index (χ0v) is 11.9. The number of hydrogen-bond donors (Lipinski definition) is 1. The molecule has 0 bridgehead atoms. The van der Waals surface area contributed by atoms with Crippen LogP contribution in [0.3, 0.4) is 0 Å². The lowest BCUT2D eigenvalue weighted by Crippen LogP contribution is -2.42. The Kier molecular flexibility index (Phi) is 3.86. The average Bonchev–Trinajstić information content (AvgIpc) is 3.09. The lowest BCUT2D eigenvalue weighted by atomic mass is 9.98. The minimum absolute atomic E-state index is 0.171. The van der Waals surface area contributed by atoms with E-state index in [1.807, 2.05) is 0 Å². The summed E-state index contributed by atoms with van der Waals surface area (Å²) in [7, 11) is 0. The van der Waals surface area contributed by atoms with Crippen LogP contribution < -0.4 is 0 Å². The molecule has 0 aromatic carbocycles. The Balaban J connectivity index is 1.73. The van der Waals surface area contributed by atoms with Gasteiger partial charge < -0.3 is 10.0 Å². The van der Waals surface area contributed by atoms with Crippen LogP contribution in [0.5, 0.6) is 0 Å². The first kappa shape index (κ1) is 14.2. The van der Waals surface area contributed by atoms with Gasteiger partial charge in [0, 0.05) is 31.7 Å². The second kappa shape index (κ2) is 5.97. The fourth-order valence-electron chi connectivity index (χ4n) is 2.61. The highest BCUT2D eigenvalue weighted by molar-refractivity contribution is 5.94. The van der Waals surface area contributed by atoms with Crippen LogP contribution in [-0.2, 0) is 4.79 Å². The highest BCUT2D eigenvalue weighted by Crippen LogP contribution is 2.19. The van der Waals surface area contributed by atoms with Crippen LogP contribution in [0.25, 0.3) is 5.82 Å². The van der Waals surface area contributed by atoms with Gasteiger partial charge in [0.25, 0.3) is 5.91 Å². The van der Waals surface area contributed by atoms with Gasteiger partial charge in [-0.2, -0.15) is 0 Å². The fraction of sp³-hybridized carbons (Fsp3) is 0.333. The van der Waals surface area contributed by atoms with Gasteiger partial charge in [0.1, 0.15) is 12.1 Å². The molecular formula is C15H16N4O3. The minimum Gasteiger partial charge on any atom is -0.481 e. The summed E-state index contributed by atoms with van der Waals surface area (Å²) in [4.78, 5) is 33.3. The third kappa shape index (κ3) is 2.83. The number of carbonyl (C=O) groups excluding carboxylic acids is 1. The molecule has 3 rings (SSSR count). The summed E-state index contributed by atoms with van der Waals surface area (Å²) in [6, 6.07) is 3.45. The summed E-state index contributed by atoms with van der Waals surface area (Å²) in [6.07, 6.45) is 7.90. The van der Waals surface area contributed by atoms with Gasteiger partial charge in [0.2, 0.25) is 0 Å². The SMILES string of the molecule is O=C(O)C1CCCN(C(=O)c2ccc(-n3ccnc3)nc2)C1. The molecular weight excluding hydrogens is 284 g/mol. The smallest absolute Gasteiger partial charge is 0.308 e. The average molecular weight is 300 g/mol. The molecule has 1 fully saturated rings. The minimum atomic E-state index is -0.842. The maximum atomic E-state index is 12.4. The Hall–Kier alpha value is -2.70. The van der Waals surface area contributed by atoms with Crippen molar-refractivity contribution in [3.8, 4) is 5.82 Å². The van der Waals surface area contributed by atoms with Gasteiger partial charge in [-0.3, -0.25) is 14.2 Å². The third-order valence-electron chi connectivity index (χ3n) is 3.82. The van der Waals surface area contributed by atoms with E-state index in [9.17, 15) is 9.59 Å². The number of nitrogens with zero attached hydrogens (tertiary/aromatic N) is 4. The van der Waals surface area contributed by atoms with Gasteiger partial charge in [-0.05, 0) is 25.0 Å². The zero-order valence-electron chi connectivity index (χ0n) is 11.9. The van der Waals surface area contributed by atoms with Gasteiger partial charge >= 0.3 is 5.97 Å². The third-order valence-corrected chi connectivity index (χ3v) is 3.82. The highest BCUT2D eigenvalue weighted by Gasteiger charge is 2.28. The fourth-order valence-corrected chi connectivity index (χ4v) is 2.61. The van der Waals surface area contributed by atoms with Gasteiger partial charge in [0.05, 0.1) is 11.5 Å². The molecule has 1 unspecified atom stereocenters. The predicted octanol–water partition coefficient (Wildman–Crippen LogP) is 1.20. The summed E-state index contributed by atoms with van der Waals surface area (Å²) < 4.78 is 1.75. The molecule has 0 aliphatic carbocycles. The molecule has 7 nitrogen and oxygen atoms in total. The number of carboxylic acid groups (broad SMARTS) is 1. The Morgan fingerprint density at radius 1 is 1.32 bits per heavy atom. The number of aromatic nitrogens is 3. The van der Waals surface area contributed by atoms with Crippen LogP contribution in [0, 0.1) is 5.92 Å². The number of carbonyl (C=O) groups is 2. The highest BCUT2D eigenvalue weighted by atomic mass is 16.4. The van der Waals surface area contributed by atoms with Crippen molar-refractivity contribution in [1.29, 1.82) is 0 Å². The molecule has 2 aromatic heterocycles. The Labute approximate surface area is 127 Å². The first-order valence-corrected chi connectivity index (χ1v) is 7.11. The standard InChI is InChI=1S/C15H16N4O3/c20-14(18-6-1-2-12(9-18)15(21)22)11-3-4-13(17-8-11)19-7-5-16-10-19/h3-5,7-8,10,12H,1-2,6,9H2,(H,21,22). The Bertz CT molecular complexity index is 667. The van der Waals surface area contributed by atoms with Crippen molar-refractivity contribution in [3.05, 3.63) is 42.6 Å². The van der Waals surface area contributed by atoms with Crippen molar-refractivity contribution in [2.45, 2.75) is 12.8 Å². The summed E-state index contributed by atoms with van der Waals surface area (Å²) in [6.45, 7) is 0.851. The number of likely N-dealkylation sites (tertiary alicyclic amines) is 1. The molecule has 1 aliphatic rings. The van der Waals surface area contributed by atoms with Crippen molar-refractivity contribution in [3.63, 3.8) is 0 Å². The quantitative estimate of drug-likeness (QED) is 0.920. The molecule has 0 saturated carbocycles. The van der Waals surface area contributed by atoms with Gasteiger partial charge in [-0.1, -0.05) is 0 Å². The van der Waals surface area contributed by atoms with Gasteiger partial charge in [0.15, 0.2) is 0 Å². The van der Waals surface area contributed by atoms with Crippen LogP contribution in [0.2, 0.25) is 0 Å². The lowest BCUT2D eigenvalue weighted by molar-refractivity contribution is -0.143. The van der Waals surface area contributed by atoms with Crippen LogP contribution in [0.15, 0.2) is 37.1 Å². The van der Waals surface area contributed by atoms with E-state index < -0.39 is 11.9 Å². The molecule has 0 spiro atoms. The van der Waals surface area contributed by atoms with Crippen molar-refractivity contribution in [1.82, 2.24) is 19.4 Å². The van der Waals surface area contributed by atoms with E-state index in [2.05, 4.69) is 9.97 Å². The molecule has 3 heterocycles. The van der Waals surface area contributed by atoms with E-state index in [4.69, 9.17) is 5.11 Å². The maximum absolute atomic E-state index is 12.4. The molecule has 1 saturated heterocycles. The monoisotopic (exact) mass is 300 g/mol. The molecule has 1 aliphatic heterocycles. The molecule has 1 amide bonds. The number of rotatable bonds is 3. The summed E-state index contributed by atoms with van der Waals surface area (Å²) >= 11 is 0. The van der Waals surface area contributed by atoms with Crippen molar-refractivity contribution >= 4 is 11.9 Å². The number of imidazole rings is 1. The van der Waals surface area contributed by atoms with E-state index in [0.717, 1.165) is 0 Å². The van der Waals surface area contributed by atoms with E-state index in [1.54, 1.807) is 40.3 Å². The van der Waals surface area contributed by atoms with Gasteiger partial charge in [-0.15, -0.1) is 0 Å². The maximum Gasteiger partial charge on any atom is 0.308 e. The summed E-state index contributed by atoms with van der Waals surface area (Å²) in [5, 5.41) is 9.09. The first-order valence-electron chi connectivity index (χ1n) is 7.11. The Morgan fingerprint density at radius 2 is 2.18 bits per heavy atom. The predicted molar refractivity (Wildman–Crippen MR) is 77.6 cm³/mol. The first-order chi connectivity index (χ1) is 10.6. The normalized spacial score (nSPS) is 18.2. The van der Waals surface area contributed by atoms with Crippen molar-refractivity contribution in [2.75, 3.05) is 13.1 Å². The zero-order chi connectivity index (χ0) is 15.5. The number of aliphatic carboxylic acids is 1. The molecule has 2 aromatic rings. The molecule has 7 heteroatoms. The van der Waals surface area contributed by atoms with Crippen molar-refractivity contribution in [2.24, 2.45) is 5.92 Å². The van der Waals surface area contributed by atoms with E-state index in [0.29, 0.717) is 30.8 Å². The largest absolute Gasteiger partial charge is 0.481 e. The number of hydrogen-bond acceptors (Lipinski definition) is 4. The molecule has 0 radical (unpaired) electrons. The molecule has 22 heavy (non-hydrogen) atoms. The number of carboxylic acids is 1. The molecule has 114 valence electrons. The van der Waals surface area contributed by atoms with Crippen LogP contribution in [0.1, 0.15) is 23.2 Å². The van der Waals surface area contributed by atoms with E-state index in [1.165, 1.54) is 6.20 Å². The second-order valence-corrected chi connectivity index (χ2v) is 5.30. The molecule has 1 N–H and O–H groups in total. The Morgan fingerprint density at radius 3 is 2.82 bits per heavy atom. The van der Waals surface area contributed by atoms with Crippen LogP contribution in [-0.4, -0.2) is 49.5 Å². The summed E-state index contributed by atoms with van der Waals surface area (Å²) in [5.41, 5.74) is 0.468. The second-order valence-electron chi connectivity index (χ2n) is 5.30. The van der Waals surface area contributed by atoms with Crippen LogP contribution >= 0.6 is 0 Å². The van der Waals surface area contributed by atoms with E-state index >= 15 is 0 Å². The van der Waals surface area contributed by atoms with E-state index in [-0.39, 0.29) is 12.5 Å². The van der Waals surface area contributed by atoms with Crippen molar-refractivity contribution < 1.29 is 14.7 Å². The summed E-state index contributed by atoms with van der Waals surface area (Å²) in [5.74, 6) is -0.811. The van der Waals surface area contributed by atoms with Crippen LogP contribution in [0.4, 0.5) is 0 Å². The topological polar surface area (TPSA) is 88.3 Å². The number of amides is 1.